The molecule has 1 aliphatic rings. The normalized spacial score (nSPS) is 19.9. The lowest BCUT2D eigenvalue weighted by Gasteiger charge is -2.43. The van der Waals surface area contributed by atoms with Gasteiger partial charge in [-0.2, -0.15) is 0 Å². The summed E-state index contributed by atoms with van der Waals surface area (Å²) in [7, 11) is -4.15. The van der Waals surface area contributed by atoms with Crippen LogP contribution in [0.5, 0.6) is 0 Å². The molecule has 34 heavy (non-hydrogen) atoms. The molecule has 0 bridgehead atoms. The van der Waals surface area contributed by atoms with Gasteiger partial charge in [0.2, 0.25) is 0 Å². The van der Waals surface area contributed by atoms with Gasteiger partial charge < -0.3 is 8.85 Å². The van der Waals surface area contributed by atoms with Crippen LogP contribution < -0.4 is 10.4 Å². The minimum absolute atomic E-state index is 0.0297. The molecule has 2 atom stereocenters. The molecule has 2 nitrogen and oxygen atoms in total. The number of rotatable bonds is 9. The van der Waals surface area contributed by atoms with Gasteiger partial charge in [0.05, 0.1) is 6.61 Å². The van der Waals surface area contributed by atoms with Crippen molar-refractivity contribution < 1.29 is 8.85 Å². The highest BCUT2D eigenvalue weighted by Gasteiger charge is 2.51. The first-order valence-corrected chi connectivity index (χ1v) is 17.7. The van der Waals surface area contributed by atoms with Crippen LogP contribution in [-0.2, 0) is 8.85 Å². The molecule has 4 heteroatoms. The Bertz CT molecular complexity index is 913. The zero-order chi connectivity index (χ0) is 25.2. The van der Waals surface area contributed by atoms with E-state index in [9.17, 15) is 0 Å². The first-order valence-electron chi connectivity index (χ1n) is 12.9. The zero-order valence-corrected chi connectivity index (χ0v) is 24.9. The molecule has 1 saturated carbocycles. The van der Waals surface area contributed by atoms with Crippen molar-refractivity contribution in [2.24, 2.45) is 11.8 Å². The summed E-state index contributed by atoms with van der Waals surface area (Å²) in [5.41, 5.74) is 1.47. The van der Waals surface area contributed by atoms with Crippen LogP contribution in [0.15, 0.2) is 72.3 Å². The largest absolute Gasteiger partial charge is 0.413 e. The van der Waals surface area contributed by atoms with E-state index >= 15 is 0 Å². The second-order valence-corrected chi connectivity index (χ2v) is 21.7. The lowest BCUT2D eigenvalue weighted by molar-refractivity contribution is 0.276. The summed E-state index contributed by atoms with van der Waals surface area (Å²) < 4.78 is 13.6. The average Bonchev–Trinajstić information content (AvgIpc) is 3.54. The van der Waals surface area contributed by atoms with E-state index in [4.69, 9.17) is 8.85 Å². The first kappa shape index (κ1) is 27.1. The molecule has 3 rings (SSSR count). The van der Waals surface area contributed by atoms with Gasteiger partial charge in [0.1, 0.15) is 0 Å². The monoisotopic (exact) mass is 494 g/mol. The number of hydrogen-bond acceptors (Lipinski definition) is 2. The average molecular weight is 495 g/mol. The molecule has 0 aliphatic heterocycles. The van der Waals surface area contributed by atoms with Gasteiger partial charge in [0.25, 0.3) is 8.32 Å². The highest BCUT2D eigenvalue weighted by Crippen LogP contribution is 2.46. The molecule has 0 radical (unpaired) electrons. The van der Waals surface area contributed by atoms with E-state index in [-0.39, 0.29) is 10.1 Å². The molecule has 2 aromatic carbocycles. The van der Waals surface area contributed by atoms with Crippen LogP contribution in [-0.4, -0.2) is 29.8 Å². The lowest BCUT2D eigenvalue weighted by Crippen LogP contribution is -2.66. The molecule has 0 aromatic heterocycles. The molecule has 1 fully saturated rings. The molecular weight excluding hydrogens is 449 g/mol. The summed E-state index contributed by atoms with van der Waals surface area (Å²) in [5.74, 6) is 1.23. The summed E-state index contributed by atoms with van der Waals surface area (Å²) >= 11 is 0. The lowest BCUT2D eigenvalue weighted by atomic mass is 10.1. The fraction of sp³-hybridized carbons (Fsp3) is 0.533. The third-order valence-corrected chi connectivity index (χ3v) is 17.6. The maximum atomic E-state index is 7.16. The molecule has 0 N–H and O–H groups in total. The predicted octanol–water partition coefficient (Wildman–Crippen LogP) is 7.17. The highest BCUT2D eigenvalue weighted by atomic mass is 28.4. The number of hydrogen-bond donors (Lipinski definition) is 0. The van der Waals surface area contributed by atoms with Gasteiger partial charge in [-0.15, -0.1) is 0 Å². The highest BCUT2D eigenvalue weighted by molar-refractivity contribution is 6.99. The van der Waals surface area contributed by atoms with Crippen LogP contribution in [0.4, 0.5) is 0 Å². The number of benzene rings is 2. The Morgan fingerprint density at radius 2 is 1.32 bits per heavy atom. The van der Waals surface area contributed by atoms with E-state index in [1.165, 1.54) is 22.4 Å². The maximum absolute atomic E-state index is 7.16. The summed E-state index contributed by atoms with van der Waals surface area (Å²) in [4.78, 5) is 0. The Labute approximate surface area is 211 Å². The van der Waals surface area contributed by atoms with Crippen LogP contribution in [0, 0.1) is 11.8 Å². The zero-order valence-electron chi connectivity index (χ0n) is 22.9. The van der Waals surface area contributed by atoms with Crippen molar-refractivity contribution in [2.75, 3.05) is 13.2 Å². The molecule has 0 spiro atoms. The van der Waals surface area contributed by atoms with Gasteiger partial charge in [-0.1, -0.05) is 114 Å². The van der Waals surface area contributed by atoms with E-state index in [0.29, 0.717) is 11.8 Å². The van der Waals surface area contributed by atoms with Gasteiger partial charge >= 0.3 is 0 Å². The molecule has 186 valence electrons. The van der Waals surface area contributed by atoms with Crippen molar-refractivity contribution >= 4 is 27.0 Å². The second kappa shape index (κ2) is 10.3. The van der Waals surface area contributed by atoms with Crippen molar-refractivity contribution in [2.45, 2.75) is 78.1 Å². The van der Waals surface area contributed by atoms with E-state index in [1.807, 2.05) is 0 Å². The Morgan fingerprint density at radius 3 is 1.76 bits per heavy atom. The molecule has 0 amide bonds. The third kappa shape index (κ3) is 5.84. The Morgan fingerprint density at radius 1 is 0.824 bits per heavy atom. The molecular formula is C30H46O2Si2. The summed E-state index contributed by atoms with van der Waals surface area (Å²) in [6, 6.07) is 21.9. The SMILES string of the molecule is C/C(=C/CO[Si](C)(C)C(C)(C)C)[C@H]1C[C@H]1CO[Si](c1ccccc1)(c1ccccc1)C(C)(C)C. The molecule has 2 aromatic rings. The van der Waals surface area contributed by atoms with Gasteiger partial charge in [-0.05, 0) is 58.7 Å². The fourth-order valence-electron chi connectivity index (χ4n) is 4.73. The van der Waals surface area contributed by atoms with Crippen LogP contribution in [0.1, 0.15) is 54.9 Å². The smallest absolute Gasteiger partial charge is 0.261 e. The molecule has 0 heterocycles. The summed E-state index contributed by atoms with van der Waals surface area (Å²) in [6.45, 7) is 22.5. The summed E-state index contributed by atoms with van der Waals surface area (Å²) in [5, 5.41) is 3.00. The quantitative estimate of drug-likeness (QED) is 0.272. The maximum Gasteiger partial charge on any atom is 0.261 e. The molecule has 1 aliphatic carbocycles. The minimum Gasteiger partial charge on any atom is -0.413 e. The van der Waals surface area contributed by atoms with E-state index in [0.717, 1.165) is 13.2 Å². The van der Waals surface area contributed by atoms with Crippen molar-refractivity contribution in [3.8, 4) is 0 Å². The predicted molar refractivity (Wildman–Crippen MR) is 152 cm³/mol. The first-order chi connectivity index (χ1) is 15.8. The van der Waals surface area contributed by atoms with Gasteiger partial charge in [0.15, 0.2) is 8.32 Å². The van der Waals surface area contributed by atoms with Crippen LogP contribution in [0.2, 0.25) is 23.2 Å². The Hall–Kier alpha value is -1.47. The third-order valence-electron chi connectivity index (χ3n) is 8.09. The molecule has 0 unspecified atom stereocenters. The van der Waals surface area contributed by atoms with Crippen molar-refractivity contribution in [1.29, 1.82) is 0 Å². The van der Waals surface area contributed by atoms with E-state index in [1.54, 1.807) is 0 Å². The standard InChI is InChI=1S/C30H46O2Si2/c1-24(20-21-31-33(8,9)29(2,3)4)28-22-25(28)23-32-34(30(5,6)7,26-16-12-10-13-17-26)27-18-14-11-15-19-27/h10-20,25,28H,21-23H2,1-9H3/b24-20-/t25-,28+/m0/s1. The van der Waals surface area contributed by atoms with Gasteiger partial charge in [0, 0.05) is 6.61 Å². The van der Waals surface area contributed by atoms with Crippen LogP contribution in [0.25, 0.3) is 0 Å². The summed E-state index contributed by atoms with van der Waals surface area (Å²) in [6.07, 6.45) is 3.55. The van der Waals surface area contributed by atoms with Crippen LogP contribution in [0.3, 0.4) is 0 Å². The Kier molecular flexibility index (Phi) is 8.18. The topological polar surface area (TPSA) is 18.5 Å². The van der Waals surface area contributed by atoms with E-state index in [2.05, 4.69) is 128 Å². The van der Waals surface area contributed by atoms with E-state index < -0.39 is 16.6 Å². The van der Waals surface area contributed by atoms with Crippen molar-refractivity contribution in [3.05, 3.63) is 72.3 Å². The van der Waals surface area contributed by atoms with Crippen LogP contribution >= 0.6 is 0 Å². The molecule has 0 saturated heterocycles. The van der Waals surface area contributed by atoms with Gasteiger partial charge in [-0.3, -0.25) is 0 Å². The van der Waals surface area contributed by atoms with Crippen molar-refractivity contribution in [1.82, 2.24) is 0 Å². The van der Waals surface area contributed by atoms with Gasteiger partial charge in [-0.25, -0.2) is 0 Å². The van der Waals surface area contributed by atoms with Crippen molar-refractivity contribution in [3.63, 3.8) is 0 Å². The second-order valence-electron chi connectivity index (χ2n) is 12.6. The fourth-order valence-corrected chi connectivity index (χ4v) is 10.3. The Balaban J connectivity index is 1.74. The number of allylic oxidation sites excluding steroid dienone is 1. The minimum atomic E-state index is -2.45.